The number of rotatable bonds is 6. The molecule has 0 bridgehead atoms. The van der Waals surface area contributed by atoms with E-state index in [1.54, 1.807) is 0 Å². The van der Waals surface area contributed by atoms with Crippen molar-refractivity contribution in [3.63, 3.8) is 0 Å². The highest BCUT2D eigenvalue weighted by Gasteiger charge is 2.39. The molecule has 3 aromatic carbocycles. The molecule has 0 N–H and O–H groups in total. The molecule has 1 atom stereocenters. The summed E-state index contributed by atoms with van der Waals surface area (Å²) >= 11 is 0. The average molecular weight is 371 g/mol. The van der Waals surface area contributed by atoms with Gasteiger partial charge in [-0.3, -0.25) is 4.79 Å². The zero-order valence-electron chi connectivity index (χ0n) is 16.1. The number of hydrogen-bond donors (Lipinski definition) is 0. The number of nitrogens with zero attached hydrogens (tertiary/aromatic N) is 1. The minimum Gasteiger partial charge on any atom is -0.359 e. The fourth-order valence-electron chi connectivity index (χ4n) is 4.05. The van der Waals surface area contributed by atoms with E-state index in [-0.39, 0.29) is 11.9 Å². The number of carbonyl (C=O) groups is 1. The summed E-state index contributed by atoms with van der Waals surface area (Å²) in [5, 5.41) is 0. The topological polar surface area (TPSA) is 29.5 Å². The number of hydrogen-bond acceptors (Lipinski definition) is 2. The third-order valence-corrected chi connectivity index (χ3v) is 5.67. The van der Waals surface area contributed by atoms with E-state index >= 15 is 0 Å². The fourth-order valence-corrected chi connectivity index (χ4v) is 4.05. The molecule has 0 saturated carbocycles. The monoisotopic (exact) mass is 371 g/mol. The lowest BCUT2D eigenvalue weighted by Gasteiger charge is -2.37. The van der Waals surface area contributed by atoms with Gasteiger partial charge in [-0.1, -0.05) is 91.0 Å². The molecule has 0 unspecified atom stereocenters. The second kappa shape index (κ2) is 7.99. The maximum atomic E-state index is 12.0. The molecule has 28 heavy (non-hydrogen) atoms. The molecule has 1 heterocycles. The first kappa shape index (κ1) is 18.5. The molecule has 0 aromatic heterocycles. The number of benzene rings is 3. The maximum Gasteiger partial charge on any atom is 0.222 e. The first-order valence-corrected chi connectivity index (χ1v) is 9.78. The molecule has 142 valence electrons. The number of carbonyl (C=O) groups excluding carboxylic acids is 1. The third-order valence-electron chi connectivity index (χ3n) is 5.67. The van der Waals surface area contributed by atoms with Crippen LogP contribution in [0.25, 0.3) is 0 Å². The molecule has 1 aliphatic rings. The molecule has 1 fully saturated rings. The quantitative estimate of drug-likeness (QED) is 0.592. The number of likely N-dealkylation sites (tertiary alicyclic amines) is 1. The first-order chi connectivity index (χ1) is 13.7. The van der Waals surface area contributed by atoms with Gasteiger partial charge in [-0.2, -0.15) is 0 Å². The van der Waals surface area contributed by atoms with Crippen LogP contribution >= 0.6 is 0 Å². The zero-order valence-corrected chi connectivity index (χ0v) is 16.1. The van der Waals surface area contributed by atoms with Crippen molar-refractivity contribution in [2.75, 3.05) is 13.7 Å². The smallest absolute Gasteiger partial charge is 0.222 e. The highest BCUT2D eigenvalue weighted by Crippen LogP contribution is 2.41. The van der Waals surface area contributed by atoms with Gasteiger partial charge in [-0.25, -0.2) is 0 Å². The first-order valence-electron chi connectivity index (χ1n) is 9.78. The number of likely N-dealkylation sites (N-methyl/N-ethyl adjacent to an activating group) is 1. The van der Waals surface area contributed by atoms with E-state index in [2.05, 4.69) is 36.4 Å². The molecule has 1 aliphatic heterocycles. The van der Waals surface area contributed by atoms with Gasteiger partial charge in [0.15, 0.2) is 0 Å². The van der Waals surface area contributed by atoms with Gasteiger partial charge in [0.25, 0.3) is 0 Å². The van der Waals surface area contributed by atoms with Crippen molar-refractivity contribution in [3.05, 3.63) is 108 Å². The van der Waals surface area contributed by atoms with Gasteiger partial charge in [0, 0.05) is 13.5 Å². The van der Waals surface area contributed by atoms with E-state index < -0.39 is 5.60 Å². The lowest BCUT2D eigenvalue weighted by atomic mass is 9.80. The molecular weight excluding hydrogens is 346 g/mol. The summed E-state index contributed by atoms with van der Waals surface area (Å²) in [6.07, 6.45) is 1.43. The summed E-state index contributed by atoms with van der Waals surface area (Å²) in [5.74, 6) is 0.193. The molecular formula is C25H25NO2. The molecule has 0 radical (unpaired) electrons. The van der Waals surface area contributed by atoms with Crippen molar-refractivity contribution < 1.29 is 9.53 Å². The molecule has 1 amide bonds. The van der Waals surface area contributed by atoms with Crippen LogP contribution in [0, 0.1) is 0 Å². The van der Waals surface area contributed by atoms with Crippen LogP contribution in [0.3, 0.4) is 0 Å². The van der Waals surface area contributed by atoms with Crippen LogP contribution in [0.5, 0.6) is 0 Å². The van der Waals surface area contributed by atoms with Gasteiger partial charge in [-0.15, -0.1) is 0 Å². The van der Waals surface area contributed by atoms with Crippen LogP contribution < -0.4 is 0 Å². The van der Waals surface area contributed by atoms with Crippen LogP contribution in [-0.2, 0) is 15.1 Å². The van der Waals surface area contributed by atoms with Gasteiger partial charge in [0.1, 0.15) is 5.60 Å². The molecule has 3 aromatic rings. The zero-order chi connectivity index (χ0) is 19.4. The summed E-state index contributed by atoms with van der Waals surface area (Å²) in [4.78, 5) is 13.8. The van der Waals surface area contributed by atoms with Crippen molar-refractivity contribution in [1.29, 1.82) is 0 Å². The van der Waals surface area contributed by atoms with Gasteiger partial charge >= 0.3 is 0 Å². The minimum atomic E-state index is -0.726. The summed E-state index contributed by atoms with van der Waals surface area (Å²) in [6, 6.07) is 31.1. The van der Waals surface area contributed by atoms with Gasteiger partial charge in [0.2, 0.25) is 5.91 Å². The Balaban J connectivity index is 1.82. The lowest BCUT2D eigenvalue weighted by molar-refractivity contribution is -0.128. The fraction of sp³-hybridized carbons (Fsp3) is 0.240. The van der Waals surface area contributed by atoms with Crippen molar-refractivity contribution in [3.8, 4) is 0 Å². The van der Waals surface area contributed by atoms with E-state index in [1.807, 2.05) is 66.5 Å². The largest absolute Gasteiger partial charge is 0.359 e. The van der Waals surface area contributed by atoms with E-state index in [4.69, 9.17) is 4.74 Å². The standard InChI is InChI=1S/C25H25NO2/c1-26-23(17-18-24(26)27)19-28-25(20-11-5-2-6-12-20,21-13-7-3-8-14-21)22-15-9-4-10-16-22/h2-16,23H,17-19H2,1H3/t23-/m0/s1. The van der Waals surface area contributed by atoms with Gasteiger partial charge < -0.3 is 9.64 Å². The van der Waals surface area contributed by atoms with Crippen molar-refractivity contribution in [2.45, 2.75) is 24.5 Å². The maximum absolute atomic E-state index is 12.0. The third kappa shape index (κ3) is 3.34. The molecule has 1 saturated heterocycles. The van der Waals surface area contributed by atoms with E-state index in [1.165, 1.54) is 0 Å². The predicted octanol–water partition coefficient (Wildman–Crippen LogP) is 4.62. The normalized spacial score (nSPS) is 17.1. The lowest BCUT2D eigenvalue weighted by Crippen LogP contribution is -2.39. The Morgan fingerprint density at radius 1 is 0.821 bits per heavy atom. The Kier molecular flexibility index (Phi) is 5.27. The average Bonchev–Trinajstić information content (AvgIpc) is 3.09. The predicted molar refractivity (Wildman–Crippen MR) is 111 cm³/mol. The number of amides is 1. The van der Waals surface area contributed by atoms with Crippen LogP contribution in [0.2, 0.25) is 0 Å². The summed E-state index contributed by atoms with van der Waals surface area (Å²) in [5.41, 5.74) is 2.52. The number of ether oxygens (including phenoxy) is 1. The van der Waals surface area contributed by atoms with Crippen LogP contribution in [-0.4, -0.2) is 30.5 Å². The molecule has 0 aliphatic carbocycles. The Hall–Kier alpha value is -2.91. The summed E-state index contributed by atoms with van der Waals surface area (Å²) < 4.78 is 6.80. The summed E-state index contributed by atoms with van der Waals surface area (Å²) in [6.45, 7) is 0.487. The summed E-state index contributed by atoms with van der Waals surface area (Å²) in [7, 11) is 1.87. The Bertz CT molecular complexity index is 812. The highest BCUT2D eigenvalue weighted by atomic mass is 16.5. The highest BCUT2D eigenvalue weighted by molar-refractivity contribution is 5.78. The Labute approximate surface area is 166 Å². The van der Waals surface area contributed by atoms with Gasteiger partial charge in [-0.05, 0) is 23.1 Å². The van der Waals surface area contributed by atoms with Crippen LogP contribution in [0.4, 0.5) is 0 Å². The van der Waals surface area contributed by atoms with E-state index in [0.717, 1.165) is 23.1 Å². The second-order valence-corrected chi connectivity index (χ2v) is 7.29. The van der Waals surface area contributed by atoms with Crippen molar-refractivity contribution in [2.24, 2.45) is 0 Å². The van der Waals surface area contributed by atoms with E-state index in [0.29, 0.717) is 13.0 Å². The Morgan fingerprint density at radius 2 is 1.25 bits per heavy atom. The molecule has 3 nitrogen and oxygen atoms in total. The minimum absolute atomic E-state index is 0.100. The van der Waals surface area contributed by atoms with Crippen LogP contribution in [0.1, 0.15) is 29.5 Å². The SMILES string of the molecule is CN1C(=O)CC[C@H]1COC(c1ccccc1)(c1ccccc1)c1ccccc1. The van der Waals surface area contributed by atoms with Crippen molar-refractivity contribution in [1.82, 2.24) is 4.90 Å². The molecule has 3 heteroatoms. The molecule has 4 rings (SSSR count). The molecule has 0 spiro atoms. The van der Waals surface area contributed by atoms with Gasteiger partial charge in [0.05, 0.1) is 12.6 Å². The van der Waals surface area contributed by atoms with Crippen LogP contribution in [0.15, 0.2) is 91.0 Å². The second-order valence-electron chi connectivity index (χ2n) is 7.29. The van der Waals surface area contributed by atoms with E-state index in [9.17, 15) is 4.79 Å². The van der Waals surface area contributed by atoms with Crippen molar-refractivity contribution >= 4 is 5.91 Å². The Morgan fingerprint density at radius 3 is 1.61 bits per heavy atom.